The lowest BCUT2D eigenvalue weighted by atomic mass is 10.1. The topological polar surface area (TPSA) is 66.5 Å². The Balaban J connectivity index is 1.92. The molecule has 0 saturated heterocycles. The van der Waals surface area contributed by atoms with Crippen LogP contribution in [-0.4, -0.2) is 22.7 Å². The normalized spacial score (nSPS) is 10.0. The fraction of sp³-hybridized carbons (Fsp3) is 0. The molecule has 5 heteroatoms. The SMILES string of the molecule is O=C(NN(C(=O)c1ccccc1)C(=O)c1ccccc1)c1ccccc1. The predicted molar refractivity (Wildman–Crippen MR) is 97.3 cm³/mol. The summed E-state index contributed by atoms with van der Waals surface area (Å²) < 4.78 is 0. The summed E-state index contributed by atoms with van der Waals surface area (Å²) in [5.41, 5.74) is 3.36. The van der Waals surface area contributed by atoms with Gasteiger partial charge in [0.2, 0.25) is 0 Å². The number of nitrogens with one attached hydrogen (secondary N) is 1. The highest BCUT2D eigenvalue weighted by Gasteiger charge is 2.26. The molecule has 0 fully saturated rings. The molecule has 0 aromatic heterocycles. The molecule has 128 valence electrons. The molecule has 0 bridgehead atoms. The highest BCUT2D eigenvalue weighted by molar-refractivity contribution is 6.12. The number of rotatable bonds is 3. The molecule has 0 unspecified atom stereocenters. The Hall–Kier alpha value is -3.73. The minimum absolute atomic E-state index is 0.296. The lowest BCUT2D eigenvalue weighted by Gasteiger charge is -2.21. The van der Waals surface area contributed by atoms with Crippen molar-refractivity contribution in [2.24, 2.45) is 0 Å². The Morgan fingerprint density at radius 3 is 1.27 bits per heavy atom. The van der Waals surface area contributed by atoms with Gasteiger partial charge >= 0.3 is 0 Å². The molecule has 5 nitrogen and oxygen atoms in total. The Morgan fingerprint density at radius 1 is 0.538 bits per heavy atom. The van der Waals surface area contributed by atoms with Crippen LogP contribution in [-0.2, 0) is 0 Å². The third kappa shape index (κ3) is 3.84. The summed E-state index contributed by atoms with van der Waals surface area (Å²) in [4.78, 5) is 38.1. The minimum atomic E-state index is -0.608. The number of carbonyl (C=O) groups is 3. The Kier molecular flexibility index (Phi) is 5.19. The maximum absolute atomic E-state index is 12.8. The average molecular weight is 344 g/mol. The van der Waals surface area contributed by atoms with E-state index in [-0.39, 0.29) is 0 Å². The van der Waals surface area contributed by atoms with E-state index in [4.69, 9.17) is 0 Å². The second-order valence-corrected chi connectivity index (χ2v) is 5.48. The molecule has 26 heavy (non-hydrogen) atoms. The molecule has 0 aliphatic carbocycles. The van der Waals surface area contributed by atoms with Crippen molar-refractivity contribution in [3.63, 3.8) is 0 Å². The van der Waals surface area contributed by atoms with Crippen molar-refractivity contribution in [1.29, 1.82) is 0 Å². The Labute approximate surface area is 150 Å². The number of hydrogen-bond acceptors (Lipinski definition) is 3. The van der Waals surface area contributed by atoms with Crippen molar-refractivity contribution in [3.8, 4) is 0 Å². The number of imide groups is 1. The molecule has 1 N–H and O–H groups in total. The van der Waals surface area contributed by atoms with Crippen LogP contribution < -0.4 is 5.43 Å². The van der Waals surface area contributed by atoms with Crippen LogP contribution in [0.3, 0.4) is 0 Å². The summed E-state index contributed by atoms with van der Waals surface area (Å²) in [6, 6.07) is 25.0. The molecule has 3 aromatic carbocycles. The summed E-state index contributed by atoms with van der Waals surface area (Å²) in [5, 5.41) is 0.750. The molecule has 0 aliphatic rings. The smallest absolute Gasteiger partial charge is 0.267 e. The third-order valence-electron chi connectivity index (χ3n) is 3.70. The second kappa shape index (κ2) is 7.90. The Bertz CT molecular complexity index is 858. The number of amides is 3. The van der Waals surface area contributed by atoms with Gasteiger partial charge < -0.3 is 0 Å². The lowest BCUT2D eigenvalue weighted by Crippen LogP contribution is -2.49. The zero-order valence-electron chi connectivity index (χ0n) is 13.8. The molecule has 0 heterocycles. The summed E-state index contributed by atoms with van der Waals surface area (Å²) >= 11 is 0. The Morgan fingerprint density at radius 2 is 0.885 bits per heavy atom. The first kappa shape index (κ1) is 17.1. The molecule has 3 amide bonds. The summed E-state index contributed by atoms with van der Waals surface area (Å²) in [5.74, 6) is -1.76. The van der Waals surface area contributed by atoms with E-state index in [1.807, 2.05) is 0 Å². The molecular weight excluding hydrogens is 328 g/mol. The summed E-state index contributed by atoms with van der Waals surface area (Å²) in [7, 11) is 0. The van der Waals surface area contributed by atoms with Crippen molar-refractivity contribution in [1.82, 2.24) is 10.4 Å². The molecular formula is C21H16N2O3. The largest absolute Gasteiger partial charge is 0.279 e. The van der Waals surface area contributed by atoms with Crippen LogP contribution in [0.1, 0.15) is 31.1 Å². The number of hydrogen-bond donors (Lipinski definition) is 1. The van der Waals surface area contributed by atoms with Crippen LogP contribution in [0.25, 0.3) is 0 Å². The van der Waals surface area contributed by atoms with Gasteiger partial charge in [-0.3, -0.25) is 19.8 Å². The highest BCUT2D eigenvalue weighted by Crippen LogP contribution is 2.10. The molecule has 0 spiro atoms. The fourth-order valence-electron chi connectivity index (χ4n) is 2.37. The highest BCUT2D eigenvalue weighted by atomic mass is 16.2. The van der Waals surface area contributed by atoms with Gasteiger partial charge in [-0.1, -0.05) is 54.6 Å². The number of benzene rings is 3. The minimum Gasteiger partial charge on any atom is -0.267 e. The third-order valence-corrected chi connectivity index (χ3v) is 3.70. The van der Waals surface area contributed by atoms with Crippen LogP contribution >= 0.6 is 0 Å². The van der Waals surface area contributed by atoms with Gasteiger partial charge in [-0.05, 0) is 36.4 Å². The van der Waals surface area contributed by atoms with Gasteiger partial charge in [0.15, 0.2) is 0 Å². The lowest BCUT2D eigenvalue weighted by molar-refractivity contribution is 0.0484. The van der Waals surface area contributed by atoms with Gasteiger partial charge in [-0.2, -0.15) is 5.01 Å². The number of nitrogens with zero attached hydrogens (tertiary/aromatic N) is 1. The summed E-state index contributed by atoms with van der Waals surface area (Å²) in [6.07, 6.45) is 0. The zero-order chi connectivity index (χ0) is 18.4. The zero-order valence-corrected chi connectivity index (χ0v) is 13.8. The van der Waals surface area contributed by atoms with E-state index >= 15 is 0 Å². The van der Waals surface area contributed by atoms with Gasteiger partial charge in [-0.25, -0.2) is 0 Å². The maximum Gasteiger partial charge on any atom is 0.279 e. The molecule has 0 aliphatic heterocycles. The van der Waals surface area contributed by atoms with E-state index in [2.05, 4.69) is 5.43 Å². The van der Waals surface area contributed by atoms with Crippen LogP contribution in [0.5, 0.6) is 0 Å². The van der Waals surface area contributed by atoms with Crippen LogP contribution in [0.4, 0.5) is 0 Å². The first-order valence-corrected chi connectivity index (χ1v) is 8.02. The maximum atomic E-state index is 12.8. The molecule has 0 saturated carbocycles. The number of carbonyl (C=O) groups excluding carboxylic acids is 3. The predicted octanol–water partition coefficient (Wildman–Crippen LogP) is 3.31. The van der Waals surface area contributed by atoms with Crippen LogP contribution in [0, 0.1) is 0 Å². The van der Waals surface area contributed by atoms with Gasteiger partial charge in [0.05, 0.1) is 0 Å². The quantitative estimate of drug-likeness (QED) is 0.585. The van der Waals surface area contributed by atoms with Crippen molar-refractivity contribution in [2.45, 2.75) is 0 Å². The second-order valence-electron chi connectivity index (χ2n) is 5.48. The average Bonchev–Trinajstić information content (AvgIpc) is 2.73. The molecule has 0 radical (unpaired) electrons. The van der Waals surface area contributed by atoms with E-state index in [1.165, 1.54) is 0 Å². The molecule has 0 atom stereocenters. The first-order chi connectivity index (χ1) is 12.7. The van der Waals surface area contributed by atoms with Gasteiger partial charge in [-0.15, -0.1) is 0 Å². The number of hydrazine groups is 1. The molecule has 3 aromatic rings. The van der Waals surface area contributed by atoms with E-state index in [0.717, 1.165) is 5.01 Å². The van der Waals surface area contributed by atoms with Crippen molar-refractivity contribution in [2.75, 3.05) is 0 Å². The van der Waals surface area contributed by atoms with Crippen LogP contribution in [0.15, 0.2) is 91.0 Å². The van der Waals surface area contributed by atoms with Crippen molar-refractivity contribution in [3.05, 3.63) is 108 Å². The summed E-state index contributed by atoms with van der Waals surface area (Å²) in [6.45, 7) is 0. The fourth-order valence-corrected chi connectivity index (χ4v) is 2.37. The van der Waals surface area contributed by atoms with Crippen molar-refractivity contribution >= 4 is 17.7 Å². The molecule has 3 rings (SSSR count). The standard InChI is InChI=1S/C21H16N2O3/c24-19(16-10-4-1-5-11-16)22-23(20(25)17-12-6-2-7-13-17)21(26)18-14-8-3-9-15-18/h1-15H,(H,22,24). The van der Waals surface area contributed by atoms with Gasteiger partial charge in [0.1, 0.15) is 0 Å². The van der Waals surface area contributed by atoms with Gasteiger partial charge in [0, 0.05) is 16.7 Å². The van der Waals surface area contributed by atoms with Gasteiger partial charge in [0.25, 0.3) is 17.7 Å². The van der Waals surface area contributed by atoms with E-state index < -0.39 is 17.7 Å². The van der Waals surface area contributed by atoms with Crippen molar-refractivity contribution < 1.29 is 14.4 Å². The van der Waals surface area contributed by atoms with E-state index in [1.54, 1.807) is 91.0 Å². The van der Waals surface area contributed by atoms with E-state index in [0.29, 0.717) is 16.7 Å². The monoisotopic (exact) mass is 344 g/mol. The first-order valence-electron chi connectivity index (χ1n) is 8.02. The van der Waals surface area contributed by atoms with Crippen LogP contribution in [0.2, 0.25) is 0 Å². The van der Waals surface area contributed by atoms with E-state index in [9.17, 15) is 14.4 Å².